The number of hydrogen-bond donors (Lipinski definition) is 5. The maximum atomic E-state index is 14.1. The number of anilines is 2. The lowest BCUT2D eigenvalue weighted by atomic mass is 9.90. The Labute approximate surface area is 366 Å². The first-order chi connectivity index (χ1) is 29.9. The summed E-state index contributed by atoms with van der Waals surface area (Å²) in [4.78, 5) is 65.5. The van der Waals surface area contributed by atoms with Crippen LogP contribution in [0.25, 0.3) is 22.4 Å². The number of carbonyl (C=O) groups is 4. The number of halogens is 4. The molecule has 2 saturated heterocycles. The summed E-state index contributed by atoms with van der Waals surface area (Å²) in [5, 5.41) is 11.1. The number of alkyl carbamates (subject to hydrolysis) is 1. The summed E-state index contributed by atoms with van der Waals surface area (Å²) in [6.45, 7) is 7.35. The molecule has 338 valence electrons. The van der Waals surface area contributed by atoms with Crippen molar-refractivity contribution in [3.05, 3.63) is 77.3 Å². The van der Waals surface area contributed by atoms with Gasteiger partial charge < -0.3 is 50.1 Å². The van der Waals surface area contributed by atoms with Gasteiger partial charge in [0, 0.05) is 81.4 Å². The maximum Gasteiger partial charge on any atom is 0.573 e. The number of methoxy groups -OCH3 is 2. The van der Waals surface area contributed by atoms with E-state index in [9.17, 15) is 32.3 Å². The van der Waals surface area contributed by atoms with Crippen LogP contribution in [-0.4, -0.2) is 109 Å². The maximum absolute atomic E-state index is 14.1. The Morgan fingerprint density at radius 3 is 2.35 bits per heavy atom. The van der Waals surface area contributed by atoms with Gasteiger partial charge in [-0.15, -0.1) is 13.2 Å². The van der Waals surface area contributed by atoms with Crippen LogP contribution in [0.15, 0.2) is 60.9 Å². The molecule has 3 atom stereocenters. The van der Waals surface area contributed by atoms with Gasteiger partial charge in [0.2, 0.25) is 11.8 Å². The lowest BCUT2D eigenvalue weighted by molar-refractivity contribution is -0.274. The molecular formula is C43H50ClF3N8O8. The number of imidazole rings is 1. The molecule has 20 heteroatoms. The first kappa shape index (κ1) is 46.6. The summed E-state index contributed by atoms with van der Waals surface area (Å²) in [5.41, 5.74) is 0.903. The number of amides is 4. The highest BCUT2D eigenvalue weighted by Gasteiger charge is 2.43. The molecule has 63 heavy (non-hydrogen) atoms. The fourth-order valence-corrected chi connectivity index (χ4v) is 7.50. The fraction of sp³-hybridized carbons (Fsp3) is 0.442. The topological polar surface area (TPSA) is 198 Å². The number of rotatable bonds is 14. The zero-order valence-corrected chi connectivity index (χ0v) is 36.1. The predicted octanol–water partition coefficient (Wildman–Crippen LogP) is 6.96. The van der Waals surface area contributed by atoms with Gasteiger partial charge in [0.15, 0.2) is 0 Å². The molecule has 2 aliphatic heterocycles. The number of H-pyrrole nitrogens is 1. The lowest BCUT2D eigenvalue weighted by Crippen LogP contribution is -2.53. The molecule has 2 aromatic carbocycles. The number of ether oxygens (including phenoxy) is 4. The normalized spacial score (nSPS) is 17.4. The Hall–Kier alpha value is -5.92. The number of pyridine rings is 1. The Kier molecular flexibility index (Phi) is 14.8. The quantitative estimate of drug-likeness (QED) is 0.0821. The second-order valence-electron chi connectivity index (χ2n) is 16.1. The van der Waals surface area contributed by atoms with Crippen LogP contribution in [0.2, 0.25) is 5.02 Å². The number of aromatic amines is 1. The minimum atomic E-state index is -5.07. The van der Waals surface area contributed by atoms with Gasteiger partial charge in [-0.1, -0.05) is 56.6 Å². The summed E-state index contributed by atoms with van der Waals surface area (Å²) in [6, 6.07) is 10.4. The molecule has 4 aromatic rings. The lowest BCUT2D eigenvalue weighted by Gasteiger charge is -2.34. The molecule has 0 unspecified atom stereocenters. The molecule has 0 bridgehead atoms. The highest BCUT2D eigenvalue weighted by atomic mass is 35.5. The number of likely N-dealkylation sites (tertiary alicyclic amines) is 1. The van der Waals surface area contributed by atoms with Crippen LogP contribution in [0.5, 0.6) is 5.75 Å². The minimum Gasteiger partial charge on any atom is -0.453 e. The molecule has 4 amide bonds. The molecule has 2 aromatic heterocycles. The van der Waals surface area contributed by atoms with Gasteiger partial charge in [0.1, 0.15) is 23.4 Å². The number of alkyl halides is 3. The van der Waals surface area contributed by atoms with Crippen LogP contribution in [0.3, 0.4) is 0 Å². The van der Waals surface area contributed by atoms with Crippen LogP contribution < -0.4 is 26.0 Å². The van der Waals surface area contributed by atoms with Gasteiger partial charge in [-0.25, -0.2) is 14.8 Å². The largest absolute Gasteiger partial charge is 0.573 e. The molecule has 16 nitrogen and oxygen atoms in total. The highest BCUT2D eigenvalue weighted by Crippen LogP contribution is 2.41. The molecule has 2 aliphatic rings. The van der Waals surface area contributed by atoms with E-state index in [1.54, 1.807) is 69.3 Å². The predicted molar refractivity (Wildman–Crippen MR) is 227 cm³/mol. The minimum absolute atomic E-state index is 0.00531. The van der Waals surface area contributed by atoms with E-state index >= 15 is 0 Å². The van der Waals surface area contributed by atoms with Crippen LogP contribution in [0.1, 0.15) is 62.3 Å². The third-order valence-electron chi connectivity index (χ3n) is 10.7. The Balaban J connectivity index is 1.16. The molecule has 0 aliphatic carbocycles. The highest BCUT2D eigenvalue weighted by molar-refractivity contribution is 6.34. The van der Waals surface area contributed by atoms with Gasteiger partial charge in [-0.05, 0) is 42.5 Å². The molecule has 0 spiro atoms. The Bertz CT molecular complexity index is 2250. The SMILES string of the molecule is COC(=O)N[C@H](C(=O)N1C[C@@H](OC)C[C@H]1c1nc(-c2ccc(-c3cc(Cl)c(NC(=O)c4ccc(NCCNC(=O)C(C)(C)C)nc4)cc3OC(F)(F)F)cc2)c[nH]1)C1CCOCC1. The summed E-state index contributed by atoms with van der Waals surface area (Å²) < 4.78 is 61.6. The third-order valence-corrected chi connectivity index (χ3v) is 11.0. The monoisotopic (exact) mass is 898 g/mol. The van der Waals surface area contributed by atoms with E-state index in [0.29, 0.717) is 74.0 Å². The number of benzene rings is 2. The van der Waals surface area contributed by atoms with Gasteiger partial charge in [0.05, 0.1) is 41.2 Å². The number of carbonyl (C=O) groups excluding carboxylic acids is 4. The molecule has 2 fully saturated rings. The first-order valence-electron chi connectivity index (χ1n) is 20.2. The van der Waals surface area contributed by atoms with Crippen molar-refractivity contribution < 1.29 is 51.3 Å². The fourth-order valence-electron chi connectivity index (χ4n) is 7.28. The van der Waals surface area contributed by atoms with Crippen molar-refractivity contribution in [2.75, 3.05) is 57.7 Å². The van der Waals surface area contributed by atoms with Gasteiger partial charge >= 0.3 is 12.5 Å². The number of aromatic nitrogens is 3. The van der Waals surface area contributed by atoms with Gasteiger partial charge in [-0.3, -0.25) is 14.4 Å². The van der Waals surface area contributed by atoms with Crippen molar-refractivity contribution in [1.82, 2.24) is 30.5 Å². The zero-order chi connectivity index (χ0) is 45.5. The average molecular weight is 899 g/mol. The van der Waals surface area contributed by atoms with Crippen molar-refractivity contribution in [2.45, 2.75) is 64.6 Å². The van der Waals surface area contributed by atoms with Gasteiger partial charge in [0.25, 0.3) is 5.91 Å². The van der Waals surface area contributed by atoms with Crippen molar-refractivity contribution in [3.63, 3.8) is 0 Å². The van der Waals surface area contributed by atoms with Crippen LogP contribution in [0.4, 0.5) is 29.5 Å². The average Bonchev–Trinajstić information content (AvgIpc) is 3.93. The van der Waals surface area contributed by atoms with Crippen molar-refractivity contribution in [1.29, 1.82) is 0 Å². The number of nitrogens with one attached hydrogen (secondary N) is 5. The van der Waals surface area contributed by atoms with E-state index in [1.807, 2.05) is 0 Å². The van der Waals surface area contributed by atoms with E-state index in [-0.39, 0.29) is 52.2 Å². The smallest absolute Gasteiger partial charge is 0.453 e. The Morgan fingerprint density at radius 2 is 1.71 bits per heavy atom. The Morgan fingerprint density at radius 1 is 1.00 bits per heavy atom. The van der Waals surface area contributed by atoms with E-state index in [0.717, 1.165) is 6.07 Å². The summed E-state index contributed by atoms with van der Waals surface area (Å²) in [7, 11) is 2.80. The van der Waals surface area contributed by atoms with Crippen molar-refractivity contribution in [3.8, 4) is 28.1 Å². The molecule has 0 radical (unpaired) electrons. The van der Waals surface area contributed by atoms with E-state index in [4.69, 9.17) is 30.8 Å². The van der Waals surface area contributed by atoms with E-state index in [2.05, 4.69) is 36.0 Å². The number of nitrogens with zero attached hydrogens (tertiary/aromatic N) is 3. The molecule has 5 N–H and O–H groups in total. The summed E-state index contributed by atoms with van der Waals surface area (Å²) >= 11 is 6.55. The standard InChI is InChI=1S/C43H50ClF3N8O8/c1-42(2,3)40(58)49-15-14-48-35-11-10-27(21-50-35)38(56)53-31-20-34(63-43(45,46)47)29(19-30(31)44)24-6-8-25(9-7-24)32-22-51-37(52-32)33-18-28(60-4)23-55(33)39(57)36(54-41(59)61-5)26-12-16-62-17-13-26/h6-11,19-22,26,28,33,36H,12-18,23H2,1-5H3,(H,48,50)(H,49,58)(H,51,52)(H,53,56)(H,54,59)/t28-,33-,36-/m0/s1. The van der Waals surface area contributed by atoms with E-state index in [1.165, 1.54) is 25.4 Å². The molecule has 6 rings (SSSR count). The van der Waals surface area contributed by atoms with Crippen molar-refractivity contribution in [2.24, 2.45) is 11.3 Å². The summed E-state index contributed by atoms with van der Waals surface area (Å²) in [5.74, 6) is -0.918. The third kappa shape index (κ3) is 12.0. The second kappa shape index (κ2) is 20.1. The summed E-state index contributed by atoms with van der Waals surface area (Å²) in [6.07, 6.45) is -1.52. The first-order valence-corrected chi connectivity index (χ1v) is 20.6. The second-order valence-corrected chi connectivity index (χ2v) is 16.5. The van der Waals surface area contributed by atoms with E-state index < -0.39 is 41.6 Å². The molecule has 0 saturated carbocycles. The molecular weight excluding hydrogens is 849 g/mol. The zero-order valence-electron chi connectivity index (χ0n) is 35.4. The van der Waals surface area contributed by atoms with Gasteiger partial charge in [-0.2, -0.15) is 0 Å². The van der Waals surface area contributed by atoms with Crippen LogP contribution >= 0.6 is 11.6 Å². The van der Waals surface area contributed by atoms with Crippen LogP contribution in [0, 0.1) is 11.3 Å². The number of hydrogen-bond acceptors (Lipinski definition) is 11. The molecule has 4 heterocycles. The van der Waals surface area contributed by atoms with Crippen LogP contribution in [-0.2, 0) is 23.8 Å². The van der Waals surface area contributed by atoms with Crippen molar-refractivity contribution >= 4 is 46.9 Å².